The summed E-state index contributed by atoms with van der Waals surface area (Å²) < 4.78 is 39.3. The van der Waals surface area contributed by atoms with Crippen molar-refractivity contribution in [2.24, 2.45) is 0 Å². The Labute approximate surface area is 100 Å². The minimum absolute atomic E-state index is 0.0294. The number of hydrogen-bond acceptors (Lipinski definition) is 1. The van der Waals surface area contributed by atoms with Gasteiger partial charge < -0.3 is 5.11 Å². The number of carbonyl (C=O) groups is 1. The topological polar surface area (TPSA) is 37.3 Å². The van der Waals surface area contributed by atoms with Crippen LogP contribution in [0.15, 0.2) is 36.4 Å². The summed E-state index contributed by atoms with van der Waals surface area (Å²) in [6, 6.07) is 7.11. The van der Waals surface area contributed by atoms with E-state index in [2.05, 4.69) is 0 Å². The van der Waals surface area contributed by atoms with E-state index in [-0.39, 0.29) is 16.7 Å². The van der Waals surface area contributed by atoms with Crippen LogP contribution in [-0.2, 0) is 0 Å². The van der Waals surface area contributed by atoms with Crippen LogP contribution in [0, 0.1) is 17.5 Å². The Balaban J connectivity index is 2.49. The molecule has 0 bridgehead atoms. The molecule has 1 N–H and O–H groups in total. The third kappa shape index (κ3) is 2.07. The molecule has 0 aliphatic carbocycles. The van der Waals surface area contributed by atoms with Crippen molar-refractivity contribution in [3.8, 4) is 11.1 Å². The molecular formula is C13H7F3O2. The molecule has 5 heteroatoms. The smallest absolute Gasteiger partial charge is 0.335 e. The predicted octanol–water partition coefficient (Wildman–Crippen LogP) is 3.47. The molecule has 2 aromatic rings. The summed E-state index contributed by atoms with van der Waals surface area (Å²) in [6.07, 6.45) is 0. The Morgan fingerprint density at radius 2 is 1.50 bits per heavy atom. The van der Waals surface area contributed by atoms with Gasteiger partial charge in [-0.2, -0.15) is 0 Å². The van der Waals surface area contributed by atoms with Gasteiger partial charge in [0.1, 0.15) is 0 Å². The van der Waals surface area contributed by atoms with Crippen molar-refractivity contribution in [3.05, 3.63) is 59.4 Å². The molecule has 0 amide bonds. The monoisotopic (exact) mass is 252 g/mol. The summed E-state index contributed by atoms with van der Waals surface area (Å²) in [7, 11) is 0. The molecule has 0 aliphatic rings. The second-order valence-electron chi connectivity index (χ2n) is 3.61. The molecule has 2 nitrogen and oxygen atoms in total. The van der Waals surface area contributed by atoms with Crippen molar-refractivity contribution < 1.29 is 23.1 Å². The Kier molecular flexibility index (Phi) is 3.06. The predicted molar refractivity (Wildman–Crippen MR) is 58.7 cm³/mol. The van der Waals surface area contributed by atoms with Crippen LogP contribution in [0.4, 0.5) is 13.2 Å². The van der Waals surface area contributed by atoms with E-state index in [1.54, 1.807) is 0 Å². The fourth-order valence-corrected chi connectivity index (χ4v) is 1.54. The highest BCUT2D eigenvalue weighted by Crippen LogP contribution is 2.26. The lowest BCUT2D eigenvalue weighted by Gasteiger charge is -2.05. The van der Waals surface area contributed by atoms with Crippen molar-refractivity contribution in [1.82, 2.24) is 0 Å². The highest BCUT2D eigenvalue weighted by molar-refractivity contribution is 5.88. The van der Waals surface area contributed by atoms with Crippen molar-refractivity contribution in [2.75, 3.05) is 0 Å². The van der Waals surface area contributed by atoms with E-state index < -0.39 is 23.4 Å². The van der Waals surface area contributed by atoms with Gasteiger partial charge in [0.25, 0.3) is 0 Å². The Hall–Kier alpha value is -2.30. The van der Waals surface area contributed by atoms with Crippen LogP contribution in [0.5, 0.6) is 0 Å². The maximum Gasteiger partial charge on any atom is 0.335 e. The first-order chi connectivity index (χ1) is 8.50. The lowest BCUT2D eigenvalue weighted by molar-refractivity contribution is 0.0697. The molecule has 0 unspecified atom stereocenters. The highest BCUT2D eigenvalue weighted by atomic mass is 19.2. The summed E-state index contributed by atoms with van der Waals surface area (Å²) in [5, 5.41) is 8.70. The number of halogens is 3. The number of benzene rings is 2. The third-order valence-electron chi connectivity index (χ3n) is 2.48. The molecule has 0 aromatic heterocycles. The van der Waals surface area contributed by atoms with E-state index in [0.29, 0.717) is 0 Å². The van der Waals surface area contributed by atoms with Gasteiger partial charge in [-0.15, -0.1) is 0 Å². The molecule has 0 radical (unpaired) electrons. The lowest BCUT2D eigenvalue weighted by atomic mass is 10.0. The molecule has 18 heavy (non-hydrogen) atoms. The Morgan fingerprint density at radius 3 is 2.06 bits per heavy atom. The van der Waals surface area contributed by atoms with Gasteiger partial charge in [-0.1, -0.05) is 12.1 Å². The van der Waals surface area contributed by atoms with Crippen molar-refractivity contribution >= 4 is 5.97 Å². The zero-order valence-electron chi connectivity index (χ0n) is 8.95. The van der Waals surface area contributed by atoms with Crippen molar-refractivity contribution in [2.45, 2.75) is 0 Å². The van der Waals surface area contributed by atoms with E-state index in [1.807, 2.05) is 0 Å². The quantitative estimate of drug-likeness (QED) is 0.831. The van der Waals surface area contributed by atoms with Crippen LogP contribution in [0.2, 0.25) is 0 Å². The van der Waals surface area contributed by atoms with E-state index in [9.17, 15) is 18.0 Å². The number of aromatic carboxylic acids is 1. The molecule has 0 saturated heterocycles. The van der Waals surface area contributed by atoms with E-state index in [4.69, 9.17) is 5.11 Å². The number of carboxylic acids is 1. The van der Waals surface area contributed by atoms with Crippen LogP contribution in [0.3, 0.4) is 0 Å². The van der Waals surface area contributed by atoms with Gasteiger partial charge in [-0.05, 0) is 29.8 Å². The number of rotatable bonds is 2. The van der Waals surface area contributed by atoms with Gasteiger partial charge in [0.15, 0.2) is 17.5 Å². The minimum Gasteiger partial charge on any atom is -0.478 e. The van der Waals surface area contributed by atoms with Gasteiger partial charge in [0.05, 0.1) is 5.56 Å². The summed E-state index contributed by atoms with van der Waals surface area (Å²) in [5.41, 5.74) is 0.184. The van der Waals surface area contributed by atoms with Crippen LogP contribution in [0.1, 0.15) is 10.4 Å². The average molecular weight is 252 g/mol. The molecular weight excluding hydrogens is 245 g/mol. The minimum atomic E-state index is -1.55. The van der Waals surface area contributed by atoms with Crippen molar-refractivity contribution in [1.29, 1.82) is 0 Å². The molecule has 0 saturated carbocycles. The first kappa shape index (κ1) is 12.2. The zero-order chi connectivity index (χ0) is 13.3. The van der Waals surface area contributed by atoms with E-state index >= 15 is 0 Å². The summed E-state index contributed by atoms with van der Waals surface area (Å²) in [6.45, 7) is 0. The number of carboxylic acid groups (broad SMARTS) is 1. The molecule has 0 heterocycles. The number of hydrogen-bond donors (Lipinski definition) is 1. The molecule has 0 atom stereocenters. The third-order valence-corrected chi connectivity index (χ3v) is 2.48. The molecule has 0 aliphatic heterocycles. The van der Waals surface area contributed by atoms with Gasteiger partial charge in [-0.25, -0.2) is 18.0 Å². The summed E-state index contributed by atoms with van der Waals surface area (Å²) >= 11 is 0. The molecule has 2 aromatic carbocycles. The SMILES string of the molecule is O=C(O)c1ccc(-c2ccc(F)c(F)c2F)cc1. The molecule has 2 rings (SSSR count). The molecule has 0 spiro atoms. The van der Waals surface area contributed by atoms with Crippen molar-refractivity contribution in [3.63, 3.8) is 0 Å². The van der Waals surface area contributed by atoms with Crippen LogP contribution in [-0.4, -0.2) is 11.1 Å². The Morgan fingerprint density at radius 1 is 0.889 bits per heavy atom. The molecule has 0 fully saturated rings. The standard InChI is InChI=1S/C13H7F3O2/c14-10-6-5-9(11(15)12(10)16)7-1-3-8(4-2-7)13(17)18/h1-6H,(H,17,18). The fraction of sp³-hybridized carbons (Fsp3) is 0. The fourth-order valence-electron chi connectivity index (χ4n) is 1.54. The summed E-state index contributed by atoms with van der Waals surface area (Å²) in [5.74, 6) is -5.22. The lowest BCUT2D eigenvalue weighted by Crippen LogP contribution is -1.97. The normalized spacial score (nSPS) is 10.4. The van der Waals surface area contributed by atoms with Crippen LogP contribution >= 0.6 is 0 Å². The van der Waals surface area contributed by atoms with Gasteiger partial charge in [0.2, 0.25) is 0 Å². The van der Waals surface area contributed by atoms with Crippen LogP contribution in [0.25, 0.3) is 11.1 Å². The first-order valence-corrected chi connectivity index (χ1v) is 4.98. The van der Waals surface area contributed by atoms with Gasteiger partial charge >= 0.3 is 5.97 Å². The van der Waals surface area contributed by atoms with E-state index in [1.165, 1.54) is 24.3 Å². The summed E-state index contributed by atoms with van der Waals surface area (Å²) in [4.78, 5) is 10.6. The maximum atomic E-state index is 13.5. The molecule has 92 valence electrons. The first-order valence-electron chi connectivity index (χ1n) is 4.98. The van der Waals surface area contributed by atoms with E-state index in [0.717, 1.165) is 12.1 Å². The van der Waals surface area contributed by atoms with Gasteiger partial charge in [-0.3, -0.25) is 0 Å². The zero-order valence-corrected chi connectivity index (χ0v) is 8.95. The maximum absolute atomic E-state index is 13.5. The van der Waals surface area contributed by atoms with Gasteiger partial charge in [0, 0.05) is 5.56 Å². The highest BCUT2D eigenvalue weighted by Gasteiger charge is 2.14. The average Bonchev–Trinajstić information content (AvgIpc) is 2.36. The van der Waals surface area contributed by atoms with Crippen LogP contribution < -0.4 is 0 Å². The second-order valence-corrected chi connectivity index (χ2v) is 3.61. The Bertz CT molecular complexity index is 606. The largest absolute Gasteiger partial charge is 0.478 e. The second kappa shape index (κ2) is 4.52.